The number of carbonyl (C=O) groups excluding carboxylic acids is 1. The Morgan fingerprint density at radius 1 is 1.06 bits per heavy atom. The molecular weight excluding hydrogens is 436 g/mol. The van der Waals surface area contributed by atoms with Crippen LogP contribution in [0.1, 0.15) is 48.8 Å². The molecule has 0 aromatic heterocycles. The Hall–Kier alpha value is -3.26. The standard InChI is InChI=1S/C26H30N2O6/c1-32-18-9-6-16(7-10-18)23-22(26(30)31)19(17-8-11-20-21(12-17)34-14-33-20)13-28(23)24(25(27)29)15-4-2-3-5-15/h6-12,15,19,22-24H,2-5,13-14H2,1H3,(H2,27,29)(H,30,31). The van der Waals surface area contributed by atoms with Crippen molar-refractivity contribution < 1.29 is 28.9 Å². The Morgan fingerprint density at radius 3 is 2.38 bits per heavy atom. The molecular formula is C26H30N2O6. The average Bonchev–Trinajstić information content (AvgIpc) is 3.58. The quantitative estimate of drug-likeness (QED) is 0.644. The van der Waals surface area contributed by atoms with Gasteiger partial charge in [-0.15, -0.1) is 0 Å². The number of nitrogens with zero attached hydrogens (tertiary/aromatic N) is 1. The fourth-order valence-electron chi connectivity index (χ4n) is 6.07. The van der Waals surface area contributed by atoms with Gasteiger partial charge in [-0.05, 0) is 54.2 Å². The van der Waals surface area contributed by atoms with E-state index in [1.54, 1.807) is 7.11 Å². The molecule has 3 N–H and O–H groups in total. The van der Waals surface area contributed by atoms with Crippen molar-refractivity contribution in [3.05, 3.63) is 53.6 Å². The molecule has 1 amide bonds. The first kappa shape index (κ1) is 22.5. The van der Waals surface area contributed by atoms with Crippen LogP contribution >= 0.6 is 0 Å². The van der Waals surface area contributed by atoms with Gasteiger partial charge in [0.2, 0.25) is 12.7 Å². The number of amides is 1. The average molecular weight is 467 g/mol. The van der Waals surface area contributed by atoms with Crippen LogP contribution in [0.25, 0.3) is 0 Å². The number of benzene rings is 2. The second kappa shape index (κ2) is 9.18. The van der Waals surface area contributed by atoms with Gasteiger partial charge in [-0.3, -0.25) is 14.5 Å². The third-order valence-electron chi connectivity index (χ3n) is 7.60. The molecule has 5 rings (SSSR count). The molecule has 1 aliphatic carbocycles. The van der Waals surface area contributed by atoms with Gasteiger partial charge in [0, 0.05) is 18.5 Å². The molecule has 1 saturated carbocycles. The lowest BCUT2D eigenvalue weighted by Gasteiger charge is -2.36. The van der Waals surface area contributed by atoms with E-state index in [-0.39, 0.29) is 24.5 Å². The number of carbonyl (C=O) groups is 2. The number of hydrogen-bond donors (Lipinski definition) is 2. The summed E-state index contributed by atoms with van der Waals surface area (Å²) in [5.74, 6) is -0.319. The predicted octanol–water partition coefficient (Wildman–Crippen LogP) is 3.31. The minimum atomic E-state index is -0.902. The normalized spacial score (nSPS) is 25.4. The lowest BCUT2D eigenvalue weighted by Crippen LogP contribution is -2.49. The summed E-state index contributed by atoms with van der Waals surface area (Å²) >= 11 is 0. The molecule has 1 saturated heterocycles. The van der Waals surface area contributed by atoms with Gasteiger partial charge in [-0.2, -0.15) is 0 Å². The zero-order valence-electron chi connectivity index (χ0n) is 19.2. The molecule has 2 aliphatic heterocycles. The summed E-state index contributed by atoms with van der Waals surface area (Å²) < 4.78 is 16.3. The molecule has 4 atom stereocenters. The van der Waals surface area contributed by atoms with Crippen LogP contribution in [0.4, 0.5) is 0 Å². The van der Waals surface area contributed by atoms with Crippen LogP contribution in [0.15, 0.2) is 42.5 Å². The predicted molar refractivity (Wildman–Crippen MR) is 124 cm³/mol. The molecule has 2 aromatic carbocycles. The van der Waals surface area contributed by atoms with Gasteiger partial charge in [-0.25, -0.2) is 0 Å². The van der Waals surface area contributed by atoms with Crippen molar-refractivity contribution >= 4 is 11.9 Å². The number of fused-ring (bicyclic) bond motifs is 1. The number of hydrogen-bond acceptors (Lipinski definition) is 6. The van der Waals surface area contributed by atoms with E-state index in [0.29, 0.717) is 23.8 Å². The van der Waals surface area contributed by atoms with Crippen molar-refractivity contribution in [1.82, 2.24) is 4.90 Å². The number of ether oxygens (including phenoxy) is 3. The van der Waals surface area contributed by atoms with Gasteiger partial charge >= 0.3 is 5.97 Å². The Morgan fingerprint density at radius 2 is 1.74 bits per heavy atom. The minimum Gasteiger partial charge on any atom is -0.497 e. The van der Waals surface area contributed by atoms with E-state index in [0.717, 1.165) is 36.8 Å². The fourth-order valence-corrected chi connectivity index (χ4v) is 6.07. The zero-order chi connectivity index (χ0) is 23.8. The first-order chi connectivity index (χ1) is 16.5. The van der Waals surface area contributed by atoms with E-state index < -0.39 is 24.0 Å². The maximum atomic E-state index is 12.8. The van der Waals surface area contributed by atoms with E-state index in [1.807, 2.05) is 47.4 Å². The second-order valence-corrected chi connectivity index (χ2v) is 9.39. The smallest absolute Gasteiger partial charge is 0.309 e. The van der Waals surface area contributed by atoms with E-state index in [2.05, 4.69) is 0 Å². The molecule has 2 aromatic rings. The molecule has 8 nitrogen and oxygen atoms in total. The molecule has 2 heterocycles. The van der Waals surface area contributed by atoms with E-state index >= 15 is 0 Å². The van der Waals surface area contributed by atoms with Crippen LogP contribution in [-0.2, 0) is 9.59 Å². The van der Waals surface area contributed by atoms with Crippen LogP contribution in [0.5, 0.6) is 17.2 Å². The molecule has 4 unspecified atom stereocenters. The zero-order valence-corrected chi connectivity index (χ0v) is 19.2. The van der Waals surface area contributed by atoms with Crippen molar-refractivity contribution in [2.75, 3.05) is 20.4 Å². The number of aliphatic carboxylic acids is 1. The highest BCUT2D eigenvalue weighted by Gasteiger charge is 2.52. The van der Waals surface area contributed by atoms with Crippen LogP contribution in [0.2, 0.25) is 0 Å². The van der Waals surface area contributed by atoms with Gasteiger partial charge in [0.15, 0.2) is 11.5 Å². The van der Waals surface area contributed by atoms with Gasteiger partial charge in [0.05, 0.1) is 19.1 Å². The van der Waals surface area contributed by atoms with Crippen LogP contribution < -0.4 is 19.9 Å². The van der Waals surface area contributed by atoms with E-state index in [4.69, 9.17) is 19.9 Å². The highest BCUT2D eigenvalue weighted by molar-refractivity contribution is 5.81. The molecule has 2 fully saturated rings. The molecule has 180 valence electrons. The minimum absolute atomic E-state index is 0.128. The summed E-state index contributed by atoms with van der Waals surface area (Å²) in [5, 5.41) is 10.5. The number of nitrogens with two attached hydrogens (primary N) is 1. The summed E-state index contributed by atoms with van der Waals surface area (Å²) in [5.41, 5.74) is 7.67. The Balaban J connectivity index is 1.59. The van der Waals surface area contributed by atoms with Crippen molar-refractivity contribution in [2.24, 2.45) is 17.6 Å². The van der Waals surface area contributed by atoms with Gasteiger partial charge in [-0.1, -0.05) is 31.0 Å². The highest BCUT2D eigenvalue weighted by atomic mass is 16.7. The SMILES string of the molecule is COc1ccc(C2C(C(=O)O)C(c3ccc4c(c3)OCO4)CN2C(C(N)=O)C2CCCC2)cc1. The second-order valence-electron chi connectivity index (χ2n) is 9.39. The monoisotopic (exact) mass is 466 g/mol. The highest BCUT2D eigenvalue weighted by Crippen LogP contribution is 2.50. The maximum Gasteiger partial charge on any atom is 0.309 e. The van der Waals surface area contributed by atoms with Crippen molar-refractivity contribution in [3.8, 4) is 17.2 Å². The third kappa shape index (κ3) is 3.96. The lowest BCUT2D eigenvalue weighted by molar-refractivity contribution is -0.144. The van der Waals surface area contributed by atoms with E-state index in [1.165, 1.54) is 0 Å². The molecule has 0 radical (unpaired) electrons. The van der Waals surface area contributed by atoms with Gasteiger partial charge in [0.1, 0.15) is 5.75 Å². The Kier molecular flexibility index (Phi) is 6.08. The molecule has 0 spiro atoms. The molecule has 34 heavy (non-hydrogen) atoms. The number of methoxy groups -OCH3 is 1. The largest absolute Gasteiger partial charge is 0.497 e. The third-order valence-corrected chi connectivity index (χ3v) is 7.60. The Labute approximate surface area is 198 Å². The van der Waals surface area contributed by atoms with Crippen LogP contribution in [0, 0.1) is 11.8 Å². The first-order valence-electron chi connectivity index (χ1n) is 11.8. The van der Waals surface area contributed by atoms with Crippen molar-refractivity contribution in [2.45, 2.75) is 43.7 Å². The summed E-state index contributed by atoms with van der Waals surface area (Å²) in [6.45, 7) is 0.565. The summed E-state index contributed by atoms with van der Waals surface area (Å²) in [6.07, 6.45) is 3.96. The Bertz CT molecular complexity index is 1070. The van der Waals surface area contributed by atoms with Crippen molar-refractivity contribution in [1.29, 1.82) is 0 Å². The fraction of sp³-hybridized carbons (Fsp3) is 0.462. The summed E-state index contributed by atoms with van der Waals surface area (Å²) in [4.78, 5) is 27.6. The molecule has 0 bridgehead atoms. The maximum absolute atomic E-state index is 12.8. The summed E-state index contributed by atoms with van der Waals surface area (Å²) in [7, 11) is 1.59. The number of likely N-dealkylation sites (tertiary alicyclic amines) is 1. The number of carboxylic acid groups (broad SMARTS) is 1. The number of rotatable bonds is 7. The van der Waals surface area contributed by atoms with Crippen molar-refractivity contribution in [3.63, 3.8) is 0 Å². The lowest BCUT2D eigenvalue weighted by atomic mass is 9.82. The molecule has 8 heteroatoms. The van der Waals surface area contributed by atoms with Gasteiger partial charge < -0.3 is 25.1 Å². The van der Waals surface area contributed by atoms with E-state index in [9.17, 15) is 14.7 Å². The molecule has 3 aliphatic rings. The number of carboxylic acids is 1. The topological polar surface area (TPSA) is 111 Å². The summed E-state index contributed by atoms with van der Waals surface area (Å²) in [6, 6.07) is 12.0. The van der Waals surface area contributed by atoms with Gasteiger partial charge in [0.25, 0.3) is 0 Å². The first-order valence-corrected chi connectivity index (χ1v) is 11.8. The van der Waals surface area contributed by atoms with Crippen LogP contribution in [-0.4, -0.2) is 48.4 Å². The number of primary amides is 1. The van der Waals surface area contributed by atoms with Crippen LogP contribution in [0.3, 0.4) is 0 Å².